The summed E-state index contributed by atoms with van der Waals surface area (Å²) in [6.07, 6.45) is 0. The van der Waals surface area contributed by atoms with E-state index < -0.39 is 0 Å². The molecule has 2 N–H and O–H groups in total. The Morgan fingerprint density at radius 2 is 1.96 bits per heavy atom. The molecule has 8 heteroatoms. The number of morpholine rings is 1. The quantitative estimate of drug-likeness (QED) is 0.568. The Balaban J connectivity index is 1.85. The highest BCUT2D eigenvalue weighted by atomic mass is 16.5. The summed E-state index contributed by atoms with van der Waals surface area (Å²) < 4.78 is 7.44. The lowest BCUT2D eigenvalue weighted by Crippen LogP contribution is -2.52. The monoisotopic (exact) mass is 337 g/mol. The number of hydrogen-bond acceptors (Lipinski definition) is 5. The van der Waals surface area contributed by atoms with E-state index in [1.165, 1.54) is 0 Å². The summed E-state index contributed by atoms with van der Waals surface area (Å²) in [4.78, 5) is 6.81. The maximum Gasteiger partial charge on any atom is 0.191 e. The van der Waals surface area contributed by atoms with Gasteiger partial charge in [-0.2, -0.15) is 0 Å². The van der Waals surface area contributed by atoms with Gasteiger partial charge in [-0.15, -0.1) is 10.2 Å². The van der Waals surface area contributed by atoms with Crippen LogP contribution in [0, 0.1) is 12.8 Å². The van der Waals surface area contributed by atoms with Gasteiger partial charge in [-0.3, -0.25) is 9.89 Å². The minimum Gasteiger partial charge on any atom is -0.379 e. The minimum atomic E-state index is 0.463. The summed E-state index contributed by atoms with van der Waals surface area (Å²) in [5.74, 6) is 3.15. The lowest BCUT2D eigenvalue weighted by atomic mass is 10.0. The smallest absolute Gasteiger partial charge is 0.191 e. The van der Waals surface area contributed by atoms with Crippen LogP contribution < -0.4 is 10.6 Å². The van der Waals surface area contributed by atoms with E-state index in [0.717, 1.165) is 50.5 Å². The van der Waals surface area contributed by atoms with Crippen molar-refractivity contribution in [3.05, 3.63) is 11.6 Å². The van der Waals surface area contributed by atoms with Gasteiger partial charge in [0.2, 0.25) is 0 Å². The van der Waals surface area contributed by atoms with Gasteiger partial charge in [0.15, 0.2) is 11.8 Å². The zero-order valence-corrected chi connectivity index (χ0v) is 15.5. The van der Waals surface area contributed by atoms with Gasteiger partial charge in [0, 0.05) is 39.8 Å². The molecule has 0 aromatic carbocycles. The van der Waals surface area contributed by atoms with Crippen molar-refractivity contribution in [1.82, 2.24) is 30.3 Å². The highest BCUT2D eigenvalue weighted by Gasteiger charge is 2.23. The fourth-order valence-electron chi connectivity index (χ4n) is 2.89. The molecule has 1 aromatic rings. The van der Waals surface area contributed by atoms with Crippen LogP contribution in [0.1, 0.15) is 25.5 Å². The van der Waals surface area contributed by atoms with Crippen molar-refractivity contribution in [2.45, 2.75) is 33.4 Å². The van der Waals surface area contributed by atoms with Crippen molar-refractivity contribution in [2.75, 3.05) is 39.9 Å². The highest BCUT2D eigenvalue weighted by molar-refractivity contribution is 5.79. The Kier molecular flexibility index (Phi) is 6.99. The molecule has 1 atom stereocenters. The Morgan fingerprint density at radius 1 is 1.25 bits per heavy atom. The van der Waals surface area contributed by atoms with Crippen LogP contribution >= 0.6 is 0 Å². The van der Waals surface area contributed by atoms with Gasteiger partial charge in [-0.1, -0.05) is 13.8 Å². The molecule has 0 saturated carbocycles. The van der Waals surface area contributed by atoms with Gasteiger partial charge in [-0.25, -0.2) is 0 Å². The lowest BCUT2D eigenvalue weighted by molar-refractivity contribution is 0.00752. The number of aliphatic imine (C=N–C) groups is 1. The number of nitrogens with zero attached hydrogens (tertiary/aromatic N) is 5. The first-order valence-electron chi connectivity index (χ1n) is 8.64. The molecule has 1 aliphatic heterocycles. The van der Waals surface area contributed by atoms with Crippen molar-refractivity contribution < 1.29 is 4.74 Å². The molecule has 0 aliphatic carbocycles. The zero-order chi connectivity index (χ0) is 17.5. The number of ether oxygens (including phenoxy) is 1. The van der Waals surface area contributed by atoms with Crippen LogP contribution in [0.4, 0.5) is 0 Å². The molecule has 1 fully saturated rings. The van der Waals surface area contributed by atoms with Gasteiger partial charge >= 0.3 is 0 Å². The van der Waals surface area contributed by atoms with E-state index in [-0.39, 0.29) is 0 Å². The SMILES string of the molecule is CN=C(NCc1nnc(C)n1C)NCC(C(C)C)N1CCOCC1. The lowest BCUT2D eigenvalue weighted by Gasteiger charge is -2.37. The first kappa shape index (κ1) is 18.7. The predicted molar refractivity (Wildman–Crippen MR) is 95.0 cm³/mol. The van der Waals surface area contributed by atoms with Gasteiger partial charge in [-0.05, 0) is 12.8 Å². The topological polar surface area (TPSA) is 79.6 Å². The van der Waals surface area contributed by atoms with E-state index in [4.69, 9.17) is 4.74 Å². The van der Waals surface area contributed by atoms with Crippen molar-refractivity contribution in [1.29, 1.82) is 0 Å². The second-order valence-electron chi connectivity index (χ2n) is 6.49. The first-order valence-corrected chi connectivity index (χ1v) is 8.64. The van der Waals surface area contributed by atoms with Crippen LogP contribution in [0.2, 0.25) is 0 Å². The van der Waals surface area contributed by atoms with Gasteiger partial charge in [0.05, 0.1) is 19.8 Å². The standard InChI is InChI=1S/C16H31N7O/c1-12(2)14(23-6-8-24-9-7-23)10-18-16(17-4)19-11-15-21-20-13(3)22(15)5/h12,14H,6-11H2,1-5H3,(H2,17,18,19). The van der Waals surface area contributed by atoms with Crippen LogP contribution in [0.3, 0.4) is 0 Å². The molecule has 24 heavy (non-hydrogen) atoms. The third kappa shape index (κ3) is 4.91. The van der Waals surface area contributed by atoms with E-state index in [2.05, 4.69) is 44.6 Å². The van der Waals surface area contributed by atoms with Gasteiger partial charge in [0.1, 0.15) is 5.82 Å². The van der Waals surface area contributed by atoms with E-state index in [9.17, 15) is 0 Å². The summed E-state index contributed by atoms with van der Waals surface area (Å²) in [5, 5.41) is 15.0. The molecule has 0 bridgehead atoms. The third-order valence-electron chi connectivity index (χ3n) is 4.58. The molecule has 0 radical (unpaired) electrons. The average molecular weight is 337 g/mol. The predicted octanol–water partition coefficient (Wildman–Crippen LogP) is 0.145. The van der Waals surface area contributed by atoms with E-state index in [0.29, 0.717) is 18.5 Å². The average Bonchev–Trinajstić information content (AvgIpc) is 2.90. The van der Waals surface area contributed by atoms with Crippen molar-refractivity contribution >= 4 is 5.96 Å². The second kappa shape index (κ2) is 8.98. The van der Waals surface area contributed by atoms with Crippen molar-refractivity contribution in [3.8, 4) is 0 Å². The Morgan fingerprint density at radius 3 is 2.50 bits per heavy atom. The number of nitrogens with one attached hydrogen (secondary N) is 2. The molecule has 1 aromatic heterocycles. The van der Waals surface area contributed by atoms with Crippen molar-refractivity contribution in [2.24, 2.45) is 18.0 Å². The number of aryl methyl sites for hydroxylation is 1. The van der Waals surface area contributed by atoms with Crippen molar-refractivity contribution in [3.63, 3.8) is 0 Å². The maximum atomic E-state index is 5.46. The Hall–Kier alpha value is -1.67. The summed E-state index contributed by atoms with van der Waals surface area (Å²) in [5.41, 5.74) is 0. The molecule has 2 rings (SSSR count). The molecule has 0 amide bonds. The first-order chi connectivity index (χ1) is 11.5. The van der Waals surface area contributed by atoms with Gasteiger partial charge in [0.25, 0.3) is 0 Å². The number of hydrogen-bond donors (Lipinski definition) is 2. The second-order valence-corrected chi connectivity index (χ2v) is 6.49. The molecule has 1 unspecified atom stereocenters. The largest absolute Gasteiger partial charge is 0.379 e. The summed E-state index contributed by atoms with van der Waals surface area (Å²) in [7, 11) is 3.76. The summed E-state index contributed by atoms with van der Waals surface area (Å²) >= 11 is 0. The molecular weight excluding hydrogens is 306 g/mol. The fourth-order valence-corrected chi connectivity index (χ4v) is 2.89. The minimum absolute atomic E-state index is 0.463. The molecular formula is C16H31N7O. The zero-order valence-electron chi connectivity index (χ0n) is 15.5. The highest BCUT2D eigenvalue weighted by Crippen LogP contribution is 2.12. The third-order valence-corrected chi connectivity index (χ3v) is 4.58. The number of guanidine groups is 1. The summed E-state index contributed by atoms with van der Waals surface area (Å²) in [6.45, 7) is 11.6. The van der Waals surface area contributed by atoms with Crippen LogP contribution in [0.25, 0.3) is 0 Å². The summed E-state index contributed by atoms with van der Waals surface area (Å²) in [6, 6.07) is 0.463. The molecule has 2 heterocycles. The van der Waals surface area contributed by atoms with E-state index >= 15 is 0 Å². The molecule has 136 valence electrons. The fraction of sp³-hybridized carbons (Fsp3) is 0.812. The molecule has 0 spiro atoms. The molecule has 8 nitrogen and oxygen atoms in total. The van der Waals surface area contributed by atoms with E-state index in [1.807, 2.05) is 18.5 Å². The normalized spacial score (nSPS) is 18.0. The van der Waals surface area contributed by atoms with E-state index in [1.54, 1.807) is 7.05 Å². The Bertz CT molecular complexity index is 535. The Labute approximate surface area is 144 Å². The number of aromatic nitrogens is 3. The molecule has 1 saturated heterocycles. The number of rotatable bonds is 6. The van der Waals surface area contributed by atoms with Gasteiger partial charge < -0.3 is 19.9 Å². The maximum absolute atomic E-state index is 5.46. The van der Waals surface area contributed by atoms with Crippen LogP contribution in [-0.2, 0) is 18.3 Å². The van der Waals surface area contributed by atoms with Crippen LogP contribution in [-0.4, -0.2) is 71.6 Å². The molecule has 1 aliphatic rings. The van der Waals surface area contributed by atoms with Crippen LogP contribution in [0.15, 0.2) is 4.99 Å². The van der Waals surface area contributed by atoms with Crippen LogP contribution in [0.5, 0.6) is 0 Å².